The standard InChI is InChI=1S/C20H24N2O3S2/c1-14-12-26-20(21-14)27-13-15-4-6-16(7-5-15)18(23)22-8-2-3-17(11-22)19-24-9-10-25-19/h4-7,12,17,19H,2-3,8-11,13H2,1H3. The molecule has 2 fully saturated rings. The van der Waals surface area contributed by atoms with E-state index in [9.17, 15) is 4.79 Å². The molecule has 144 valence electrons. The molecule has 0 saturated carbocycles. The molecule has 27 heavy (non-hydrogen) atoms. The predicted molar refractivity (Wildman–Crippen MR) is 107 cm³/mol. The number of ether oxygens (including phenoxy) is 2. The minimum Gasteiger partial charge on any atom is -0.350 e. The average molecular weight is 405 g/mol. The number of thiazole rings is 1. The summed E-state index contributed by atoms with van der Waals surface area (Å²) in [7, 11) is 0. The number of rotatable bonds is 5. The Labute approximate surface area is 168 Å². The maximum absolute atomic E-state index is 12.9. The number of piperidine rings is 1. The van der Waals surface area contributed by atoms with Crippen LogP contribution in [-0.2, 0) is 15.2 Å². The van der Waals surface area contributed by atoms with E-state index < -0.39 is 0 Å². The van der Waals surface area contributed by atoms with Gasteiger partial charge in [-0.2, -0.15) is 0 Å². The summed E-state index contributed by atoms with van der Waals surface area (Å²) >= 11 is 3.41. The van der Waals surface area contributed by atoms with Crippen molar-refractivity contribution >= 4 is 29.0 Å². The summed E-state index contributed by atoms with van der Waals surface area (Å²) in [5.74, 6) is 1.25. The number of hydrogen-bond donors (Lipinski definition) is 0. The third-order valence-electron chi connectivity index (χ3n) is 4.94. The smallest absolute Gasteiger partial charge is 0.253 e. The van der Waals surface area contributed by atoms with Gasteiger partial charge in [-0.1, -0.05) is 23.9 Å². The second-order valence-electron chi connectivity index (χ2n) is 7.00. The number of hydrogen-bond acceptors (Lipinski definition) is 6. The molecular formula is C20H24N2O3S2. The van der Waals surface area contributed by atoms with Gasteiger partial charge in [-0.3, -0.25) is 4.79 Å². The van der Waals surface area contributed by atoms with Gasteiger partial charge in [0.1, 0.15) is 4.34 Å². The average Bonchev–Trinajstić information content (AvgIpc) is 3.38. The van der Waals surface area contributed by atoms with Crippen LogP contribution in [0.15, 0.2) is 34.0 Å². The van der Waals surface area contributed by atoms with Crippen LogP contribution < -0.4 is 0 Å². The largest absolute Gasteiger partial charge is 0.350 e. The Morgan fingerprint density at radius 2 is 2.07 bits per heavy atom. The van der Waals surface area contributed by atoms with Crippen molar-refractivity contribution in [3.05, 3.63) is 46.5 Å². The highest BCUT2D eigenvalue weighted by Gasteiger charge is 2.33. The molecule has 1 amide bonds. The minimum absolute atomic E-state index is 0.104. The van der Waals surface area contributed by atoms with E-state index >= 15 is 0 Å². The number of amides is 1. The second kappa shape index (κ2) is 8.73. The molecular weight excluding hydrogens is 380 g/mol. The van der Waals surface area contributed by atoms with Crippen LogP contribution in [-0.4, -0.2) is 48.4 Å². The molecule has 2 aromatic rings. The van der Waals surface area contributed by atoms with Gasteiger partial charge >= 0.3 is 0 Å². The first kappa shape index (κ1) is 18.9. The lowest BCUT2D eigenvalue weighted by Crippen LogP contribution is -2.43. The van der Waals surface area contributed by atoms with Crippen LogP contribution in [0.3, 0.4) is 0 Å². The zero-order valence-corrected chi connectivity index (χ0v) is 17.1. The number of carbonyl (C=O) groups is 1. The lowest BCUT2D eigenvalue weighted by atomic mass is 9.96. The molecule has 0 bridgehead atoms. The van der Waals surface area contributed by atoms with Crippen molar-refractivity contribution in [1.82, 2.24) is 9.88 Å². The summed E-state index contributed by atoms with van der Waals surface area (Å²) in [6.45, 7) is 4.86. The Morgan fingerprint density at radius 1 is 1.30 bits per heavy atom. The molecule has 1 unspecified atom stereocenters. The summed E-state index contributed by atoms with van der Waals surface area (Å²) in [5.41, 5.74) is 3.02. The third kappa shape index (κ3) is 4.71. The van der Waals surface area contributed by atoms with Gasteiger partial charge < -0.3 is 14.4 Å². The quantitative estimate of drug-likeness (QED) is 0.706. The molecule has 3 heterocycles. The Bertz CT molecular complexity index is 772. The summed E-state index contributed by atoms with van der Waals surface area (Å²) in [6.07, 6.45) is 1.91. The molecule has 1 aromatic heterocycles. The van der Waals surface area contributed by atoms with E-state index in [0.29, 0.717) is 19.8 Å². The highest BCUT2D eigenvalue weighted by atomic mass is 32.2. The first-order chi connectivity index (χ1) is 13.2. The van der Waals surface area contributed by atoms with Crippen LogP contribution in [0, 0.1) is 12.8 Å². The molecule has 1 atom stereocenters. The van der Waals surface area contributed by atoms with Gasteiger partial charge in [0.15, 0.2) is 6.29 Å². The highest BCUT2D eigenvalue weighted by molar-refractivity contribution is 8.00. The van der Waals surface area contributed by atoms with E-state index in [1.165, 1.54) is 5.56 Å². The molecule has 0 radical (unpaired) electrons. The number of nitrogens with zero attached hydrogens (tertiary/aromatic N) is 2. The molecule has 5 nitrogen and oxygen atoms in total. The van der Waals surface area contributed by atoms with Crippen LogP contribution in [0.2, 0.25) is 0 Å². The molecule has 0 spiro atoms. The summed E-state index contributed by atoms with van der Waals surface area (Å²) in [6, 6.07) is 7.98. The van der Waals surface area contributed by atoms with Gasteiger partial charge in [0.25, 0.3) is 5.91 Å². The fourth-order valence-electron chi connectivity index (χ4n) is 3.54. The van der Waals surface area contributed by atoms with Gasteiger partial charge in [-0.15, -0.1) is 11.3 Å². The molecule has 2 aliphatic rings. The molecule has 0 N–H and O–H groups in total. The van der Waals surface area contributed by atoms with Crippen molar-refractivity contribution in [2.75, 3.05) is 26.3 Å². The third-order valence-corrected chi connectivity index (χ3v) is 7.15. The van der Waals surface area contributed by atoms with Crippen molar-refractivity contribution in [2.24, 2.45) is 5.92 Å². The van der Waals surface area contributed by atoms with Gasteiger partial charge in [0.05, 0.1) is 13.2 Å². The fourth-order valence-corrected chi connectivity index (χ4v) is 5.34. The van der Waals surface area contributed by atoms with E-state index in [-0.39, 0.29) is 18.1 Å². The Kier molecular flexibility index (Phi) is 6.12. The van der Waals surface area contributed by atoms with Crippen LogP contribution >= 0.6 is 23.1 Å². The number of carbonyl (C=O) groups excluding carboxylic acids is 1. The molecule has 2 saturated heterocycles. The number of aryl methyl sites for hydroxylation is 1. The van der Waals surface area contributed by atoms with Gasteiger partial charge in [-0.25, -0.2) is 4.98 Å². The highest BCUT2D eigenvalue weighted by Crippen LogP contribution is 2.27. The first-order valence-corrected chi connectivity index (χ1v) is 11.2. The van der Waals surface area contributed by atoms with Crippen molar-refractivity contribution < 1.29 is 14.3 Å². The number of aromatic nitrogens is 1. The summed E-state index contributed by atoms with van der Waals surface area (Å²) in [4.78, 5) is 19.3. The van der Waals surface area contributed by atoms with Crippen LogP contribution in [0.4, 0.5) is 0 Å². The van der Waals surface area contributed by atoms with Gasteiger partial charge in [0.2, 0.25) is 0 Å². The maximum atomic E-state index is 12.9. The molecule has 2 aliphatic heterocycles. The predicted octanol–water partition coefficient (Wildman–Crippen LogP) is 3.97. The van der Waals surface area contributed by atoms with E-state index in [1.807, 2.05) is 36.1 Å². The Morgan fingerprint density at radius 3 is 2.78 bits per heavy atom. The Hall–Kier alpha value is -1.41. The first-order valence-electron chi connectivity index (χ1n) is 9.35. The van der Waals surface area contributed by atoms with Crippen molar-refractivity contribution in [2.45, 2.75) is 36.1 Å². The SMILES string of the molecule is Cc1csc(SCc2ccc(C(=O)N3CCCC(C4OCCO4)C3)cc2)n1. The summed E-state index contributed by atoms with van der Waals surface area (Å²) < 4.78 is 12.4. The van der Waals surface area contributed by atoms with Crippen molar-refractivity contribution in [1.29, 1.82) is 0 Å². The van der Waals surface area contributed by atoms with Crippen LogP contribution in [0.25, 0.3) is 0 Å². The molecule has 4 rings (SSSR count). The molecule has 0 aliphatic carbocycles. The van der Waals surface area contributed by atoms with Crippen LogP contribution in [0.1, 0.15) is 34.5 Å². The molecule has 7 heteroatoms. The minimum atomic E-state index is -0.144. The van der Waals surface area contributed by atoms with Gasteiger partial charge in [0, 0.05) is 41.4 Å². The monoisotopic (exact) mass is 404 g/mol. The van der Waals surface area contributed by atoms with Crippen molar-refractivity contribution in [3.8, 4) is 0 Å². The zero-order valence-electron chi connectivity index (χ0n) is 15.4. The van der Waals surface area contributed by atoms with Crippen LogP contribution in [0.5, 0.6) is 0 Å². The number of likely N-dealkylation sites (tertiary alicyclic amines) is 1. The van der Waals surface area contributed by atoms with E-state index in [4.69, 9.17) is 9.47 Å². The lowest BCUT2D eigenvalue weighted by Gasteiger charge is -2.34. The Balaban J connectivity index is 1.34. The van der Waals surface area contributed by atoms with E-state index in [2.05, 4.69) is 10.4 Å². The summed E-state index contributed by atoms with van der Waals surface area (Å²) in [5, 5.41) is 2.07. The van der Waals surface area contributed by atoms with Crippen molar-refractivity contribution in [3.63, 3.8) is 0 Å². The van der Waals surface area contributed by atoms with Gasteiger partial charge in [-0.05, 0) is 37.5 Å². The number of benzene rings is 1. The topological polar surface area (TPSA) is 51.7 Å². The van der Waals surface area contributed by atoms with E-state index in [0.717, 1.165) is 40.7 Å². The number of thioether (sulfide) groups is 1. The lowest BCUT2D eigenvalue weighted by molar-refractivity contribution is -0.0969. The normalized spacial score (nSPS) is 20.9. The molecule has 1 aromatic carbocycles. The maximum Gasteiger partial charge on any atom is 0.253 e. The second-order valence-corrected chi connectivity index (χ2v) is 9.08. The zero-order chi connectivity index (χ0) is 18.6. The van der Waals surface area contributed by atoms with E-state index in [1.54, 1.807) is 23.1 Å². The fraction of sp³-hybridized carbons (Fsp3) is 0.500.